The fraction of sp³-hybridized carbons (Fsp3) is 0.250. The van der Waals surface area contributed by atoms with Crippen molar-refractivity contribution in [3.63, 3.8) is 0 Å². The molecule has 2 aromatic rings. The number of oxime groups is 1. The Hall–Kier alpha value is -2.35. The molecule has 7 nitrogen and oxygen atoms in total. The van der Waals surface area contributed by atoms with Gasteiger partial charge in [-0.15, -0.1) is 0 Å². The number of pyridine rings is 1. The fourth-order valence-electron chi connectivity index (χ4n) is 1.31. The number of rotatable bonds is 5. The zero-order valence-corrected chi connectivity index (χ0v) is 11.8. The average molecular weight is 294 g/mol. The summed E-state index contributed by atoms with van der Waals surface area (Å²) >= 11 is 1.17. The minimum Gasteiger partial charge on any atom is -0.475 e. The number of nitrogens with zero attached hydrogens (tertiary/aromatic N) is 3. The van der Waals surface area contributed by atoms with Crippen LogP contribution in [-0.4, -0.2) is 27.1 Å². The Morgan fingerprint density at radius 1 is 1.35 bits per heavy atom. The first-order chi connectivity index (χ1) is 9.58. The second-order valence-electron chi connectivity index (χ2n) is 4.08. The summed E-state index contributed by atoms with van der Waals surface area (Å²) in [6.45, 7) is 3.85. The third-order valence-corrected chi connectivity index (χ3v) is 3.01. The molecule has 2 rings (SSSR count). The summed E-state index contributed by atoms with van der Waals surface area (Å²) in [4.78, 5) is 8.65. The predicted octanol–water partition coefficient (Wildman–Crippen LogP) is 2.21. The molecule has 8 heteroatoms. The van der Waals surface area contributed by atoms with E-state index in [1.165, 1.54) is 17.5 Å². The van der Waals surface area contributed by atoms with Gasteiger partial charge in [0.2, 0.25) is 5.88 Å². The Labute approximate surface area is 119 Å². The lowest BCUT2D eigenvalue weighted by Gasteiger charge is -2.08. The lowest BCUT2D eigenvalue weighted by Crippen LogP contribution is -2.10. The maximum Gasteiger partial charge on any atom is 0.279 e. The van der Waals surface area contributed by atoms with E-state index in [-0.39, 0.29) is 11.9 Å². The van der Waals surface area contributed by atoms with Crippen molar-refractivity contribution >= 4 is 17.2 Å². The quantitative estimate of drug-likeness (QED) is 0.379. The lowest BCUT2D eigenvalue weighted by atomic mass is 10.4. The summed E-state index contributed by atoms with van der Waals surface area (Å²) in [5, 5.41) is 11.8. The van der Waals surface area contributed by atoms with Crippen molar-refractivity contribution in [3.05, 3.63) is 29.4 Å². The van der Waals surface area contributed by atoms with E-state index >= 15 is 0 Å². The monoisotopic (exact) mass is 294 g/mol. The molecule has 20 heavy (non-hydrogen) atoms. The second-order valence-corrected chi connectivity index (χ2v) is 5.07. The van der Waals surface area contributed by atoms with Gasteiger partial charge in [0.05, 0.1) is 23.4 Å². The maximum absolute atomic E-state index is 8.57. The highest BCUT2D eigenvalue weighted by atomic mass is 32.1. The summed E-state index contributed by atoms with van der Waals surface area (Å²) in [6, 6.07) is 3.45. The minimum atomic E-state index is -0.00356. The number of aromatic nitrogens is 2. The Balaban J connectivity index is 2.04. The van der Waals surface area contributed by atoms with Crippen LogP contribution in [0, 0.1) is 0 Å². The summed E-state index contributed by atoms with van der Waals surface area (Å²) in [7, 11) is 0. The van der Waals surface area contributed by atoms with Crippen LogP contribution in [0.3, 0.4) is 0 Å². The molecule has 0 saturated carbocycles. The van der Waals surface area contributed by atoms with Crippen LogP contribution in [0.5, 0.6) is 16.8 Å². The van der Waals surface area contributed by atoms with E-state index in [2.05, 4.69) is 15.1 Å². The van der Waals surface area contributed by atoms with Gasteiger partial charge in [0, 0.05) is 6.07 Å². The van der Waals surface area contributed by atoms with Crippen molar-refractivity contribution in [2.24, 2.45) is 10.9 Å². The first-order valence-electron chi connectivity index (χ1n) is 5.82. The Morgan fingerprint density at radius 2 is 2.15 bits per heavy atom. The molecule has 0 aliphatic carbocycles. The van der Waals surface area contributed by atoms with Crippen LogP contribution in [0.2, 0.25) is 0 Å². The molecule has 0 saturated heterocycles. The van der Waals surface area contributed by atoms with Crippen molar-refractivity contribution in [1.29, 1.82) is 0 Å². The van der Waals surface area contributed by atoms with E-state index in [1.54, 1.807) is 18.3 Å². The third kappa shape index (κ3) is 3.58. The molecule has 0 aromatic carbocycles. The van der Waals surface area contributed by atoms with Gasteiger partial charge in [0.25, 0.3) is 5.19 Å². The van der Waals surface area contributed by atoms with Crippen molar-refractivity contribution in [1.82, 2.24) is 9.97 Å². The Bertz CT molecular complexity index is 595. The third-order valence-electron chi connectivity index (χ3n) is 2.12. The number of hydrogen-bond donors (Lipinski definition) is 2. The molecule has 106 valence electrons. The summed E-state index contributed by atoms with van der Waals surface area (Å²) in [6.07, 6.45) is 3.08. The smallest absolute Gasteiger partial charge is 0.279 e. The van der Waals surface area contributed by atoms with Gasteiger partial charge in [0.15, 0.2) is 5.84 Å². The van der Waals surface area contributed by atoms with Crippen LogP contribution >= 0.6 is 11.3 Å². The van der Waals surface area contributed by atoms with E-state index < -0.39 is 0 Å². The molecule has 0 amide bonds. The standard InChI is InChI=1S/C12H14N4O3S/c1-7(2)18-10-4-3-8(5-14-10)19-12-15-6-9(20-12)11(13)16-17/h3-7,17H,1-2H3,(H2,13,16). The van der Waals surface area contributed by atoms with Gasteiger partial charge in [0.1, 0.15) is 5.75 Å². The van der Waals surface area contributed by atoms with E-state index in [9.17, 15) is 0 Å². The fourth-order valence-corrected chi connectivity index (χ4v) is 1.99. The largest absolute Gasteiger partial charge is 0.475 e. The van der Waals surface area contributed by atoms with Crippen LogP contribution in [-0.2, 0) is 0 Å². The van der Waals surface area contributed by atoms with Gasteiger partial charge >= 0.3 is 0 Å². The first kappa shape index (κ1) is 14.1. The number of thiazole rings is 1. The molecule has 0 bridgehead atoms. The van der Waals surface area contributed by atoms with Gasteiger partial charge < -0.3 is 20.4 Å². The minimum absolute atomic E-state index is 0.00356. The number of nitrogens with two attached hydrogens (primary N) is 1. The molecule has 2 aromatic heterocycles. The molecule has 2 heterocycles. The summed E-state index contributed by atoms with van der Waals surface area (Å²) in [5.41, 5.74) is 5.45. The Morgan fingerprint density at radius 3 is 2.75 bits per heavy atom. The van der Waals surface area contributed by atoms with Crippen molar-refractivity contribution in [2.75, 3.05) is 0 Å². The van der Waals surface area contributed by atoms with Gasteiger partial charge in [-0.05, 0) is 19.9 Å². The molecule has 0 radical (unpaired) electrons. The summed E-state index contributed by atoms with van der Waals surface area (Å²) < 4.78 is 10.9. The molecular formula is C12H14N4O3S. The molecule has 0 unspecified atom stereocenters. The molecule has 0 atom stereocenters. The van der Waals surface area contributed by atoms with Crippen LogP contribution in [0.1, 0.15) is 18.7 Å². The van der Waals surface area contributed by atoms with Crippen molar-refractivity contribution < 1.29 is 14.7 Å². The molecule has 0 spiro atoms. The van der Waals surface area contributed by atoms with Gasteiger partial charge in [-0.25, -0.2) is 9.97 Å². The SMILES string of the molecule is CC(C)Oc1ccc(Oc2ncc(/C(N)=N/O)s2)cn1. The molecule has 0 aliphatic rings. The van der Waals surface area contributed by atoms with E-state index in [0.717, 1.165) is 0 Å². The molecule has 0 aliphatic heterocycles. The van der Waals surface area contributed by atoms with Gasteiger partial charge in [-0.2, -0.15) is 0 Å². The zero-order valence-electron chi connectivity index (χ0n) is 11.0. The molecule has 3 N–H and O–H groups in total. The second kappa shape index (κ2) is 6.20. The molecular weight excluding hydrogens is 280 g/mol. The van der Waals surface area contributed by atoms with Crippen LogP contribution in [0.4, 0.5) is 0 Å². The lowest BCUT2D eigenvalue weighted by molar-refractivity contribution is 0.232. The topological polar surface area (TPSA) is 103 Å². The number of amidine groups is 1. The van der Waals surface area contributed by atoms with Crippen molar-refractivity contribution in [2.45, 2.75) is 20.0 Å². The van der Waals surface area contributed by atoms with Gasteiger partial charge in [-0.3, -0.25) is 0 Å². The molecule has 0 fully saturated rings. The highest BCUT2D eigenvalue weighted by molar-refractivity contribution is 7.15. The van der Waals surface area contributed by atoms with Crippen molar-refractivity contribution in [3.8, 4) is 16.8 Å². The van der Waals surface area contributed by atoms with Gasteiger partial charge in [-0.1, -0.05) is 16.5 Å². The number of hydrogen-bond acceptors (Lipinski definition) is 7. The van der Waals surface area contributed by atoms with Crippen LogP contribution < -0.4 is 15.2 Å². The highest BCUT2D eigenvalue weighted by Gasteiger charge is 2.08. The highest BCUT2D eigenvalue weighted by Crippen LogP contribution is 2.26. The van der Waals surface area contributed by atoms with Crippen LogP contribution in [0.25, 0.3) is 0 Å². The van der Waals surface area contributed by atoms with E-state index in [0.29, 0.717) is 21.7 Å². The zero-order chi connectivity index (χ0) is 14.5. The number of ether oxygens (including phenoxy) is 2. The maximum atomic E-state index is 8.57. The van der Waals surface area contributed by atoms with Crippen LogP contribution in [0.15, 0.2) is 29.7 Å². The normalized spacial score (nSPS) is 11.7. The van der Waals surface area contributed by atoms with E-state index in [1.807, 2.05) is 13.8 Å². The first-order valence-corrected chi connectivity index (χ1v) is 6.64. The summed E-state index contributed by atoms with van der Waals surface area (Å²) in [5.74, 6) is 1.06. The average Bonchev–Trinajstić information content (AvgIpc) is 2.88. The van der Waals surface area contributed by atoms with E-state index in [4.69, 9.17) is 20.4 Å². The predicted molar refractivity (Wildman–Crippen MR) is 74.7 cm³/mol. The Kier molecular flexibility index (Phi) is 4.36.